The molecule has 1 aliphatic heterocycles. The van der Waals surface area contributed by atoms with E-state index in [0.29, 0.717) is 42.1 Å². The fourth-order valence-electron chi connectivity index (χ4n) is 6.22. The van der Waals surface area contributed by atoms with Gasteiger partial charge in [-0.15, -0.1) is 0 Å². The first kappa shape index (κ1) is 36.1. The zero-order chi connectivity index (χ0) is 35.9. The molecule has 0 spiro atoms. The number of fused-ring (bicyclic) bond motifs is 1. The van der Waals surface area contributed by atoms with Crippen LogP contribution in [0.5, 0.6) is 0 Å². The molecule has 4 aromatic rings. The maximum atomic E-state index is 15.2. The molecule has 2 unspecified atom stereocenters. The lowest BCUT2D eigenvalue weighted by Gasteiger charge is -2.44. The van der Waals surface area contributed by atoms with Crippen molar-refractivity contribution in [2.24, 2.45) is 0 Å². The Labute approximate surface area is 290 Å². The van der Waals surface area contributed by atoms with Gasteiger partial charge in [-0.2, -0.15) is 4.98 Å². The minimum atomic E-state index is -3.81. The zero-order valence-electron chi connectivity index (χ0n) is 28.7. The Kier molecular flexibility index (Phi) is 10.3. The number of sulfone groups is 1. The van der Waals surface area contributed by atoms with Gasteiger partial charge in [0.15, 0.2) is 5.65 Å². The van der Waals surface area contributed by atoms with E-state index in [-0.39, 0.29) is 68.4 Å². The summed E-state index contributed by atoms with van der Waals surface area (Å²) in [4.78, 5) is 49.3. The Morgan fingerprint density at radius 1 is 1.04 bits per heavy atom. The van der Waals surface area contributed by atoms with Crippen LogP contribution in [-0.4, -0.2) is 74.7 Å². The molecule has 1 aliphatic rings. The van der Waals surface area contributed by atoms with Crippen molar-refractivity contribution in [1.29, 1.82) is 0 Å². The molecule has 5 rings (SSSR count). The molecule has 0 N–H and O–H groups in total. The summed E-state index contributed by atoms with van der Waals surface area (Å²) < 4.78 is 43.0. The van der Waals surface area contributed by atoms with Crippen LogP contribution in [0.15, 0.2) is 52.9 Å². The van der Waals surface area contributed by atoms with Crippen LogP contribution in [0.3, 0.4) is 0 Å². The van der Waals surface area contributed by atoms with Gasteiger partial charge in [0.05, 0.1) is 38.9 Å². The quantitative estimate of drug-likeness (QED) is 0.150. The first-order valence-corrected chi connectivity index (χ1v) is 18.4. The average molecular weight is 710 g/mol. The van der Waals surface area contributed by atoms with Crippen LogP contribution in [0.4, 0.5) is 10.2 Å². The molecule has 0 bridgehead atoms. The van der Waals surface area contributed by atoms with E-state index in [4.69, 9.17) is 16.6 Å². The molecule has 1 aromatic carbocycles. The molecule has 0 aliphatic carbocycles. The first-order chi connectivity index (χ1) is 23.1. The predicted octanol–water partition coefficient (Wildman–Crippen LogP) is 6.07. The van der Waals surface area contributed by atoms with E-state index in [0.717, 1.165) is 0 Å². The van der Waals surface area contributed by atoms with Gasteiger partial charge in [-0.1, -0.05) is 64.9 Å². The highest BCUT2D eigenvalue weighted by molar-refractivity contribution is 7.91. The Balaban J connectivity index is 1.90. The van der Waals surface area contributed by atoms with Crippen molar-refractivity contribution >= 4 is 44.2 Å². The van der Waals surface area contributed by atoms with Gasteiger partial charge < -0.3 is 9.80 Å². The van der Waals surface area contributed by atoms with Crippen molar-refractivity contribution in [3.8, 4) is 16.9 Å². The lowest BCUT2D eigenvalue weighted by molar-refractivity contribution is -0.128. The number of carbonyl (C=O) groups excluding carboxylic acids is 1. The number of pyridine rings is 1. The number of hydrogen-bond acceptors (Lipinski definition) is 9. The Morgan fingerprint density at radius 3 is 2.24 bits per heavy atom. The number of halogens is 2. The van der Waals surface area contributed by atoms with Gasteiger partial charge in [0.25, 0.3) is 0 Å². The van der Waals surface area contributed by atoms with E-state index < -0.39 is 21.3 Å². The van der Waals surface area contributed by atoms with Gasteiger partial charge in [0, 0.05) is 30.7 Å². The smallest absolute Gasteiger partial charge is 0.349 e. The third-order valence-electron chi connectivity index (χ3n) is 8.63. The van der Waals surface area contributed by atoms with Crippen LogP contribution in [0.1, 0.15) is 78.1 Å². The molecule has 0 radical (unpaired) electrons. The van der Waals surface area contributed by atoms with E-state index >= 15 is 4.39 Å². The number of amides is 1. The van der Waals surface area contributed by atoms with Crippen molar-refractivity contribution in [3.05, 3.63) is 75.7 Å². The van der Waals surface area contributed by atoms with Crippen LogP contribution in [0.2, 0.25) is 5.02 Å². The lowest BCUT2D eigenvalue weighted by Crippen LogP contribution is -2.58. The fraction of sp³-hybridized carbons (Fsp3) is 0.429. The van der Waals surface area contributed by atoms with Gasteiger partial charge in [-0.3, -0.25) is 4.79 Å². The van der Waals surface area contributed by atoms with Crippen molar-refractivity contribution in [3.63, 3.8) is 0 Å². The molecule has 1 amide bonds. The third kappa shape index (κ3) is 6.70. The summed E-state index contributed by atoms with van der Waals surface area (Å²) in [7, 11) is -3.81. The number of aromatic nitrogens is 5. The van der Waals surface area contributed by atoms with E-state index in [2.05, 4.69) is 21.5 Å². The molecule has 49 heavy (non-hydrogen) atoms. The second-order valence-corrected chi connectivity index (χ2v) is 15.4. The lowest BCUT2D eigenvalue weighted by atomic mass is 10.0. The predicted molar refractivity (Wildman–Crippen MR) is 190 cm³/mol. The standard InChI is InChI=1S/C35H41ClFN7O4S/c1-9-15-49(47,48)34-39-28(19(3)4)31(29(40-34)20(5)6)44-33-24(16-25(36)30(38-33)23-13-11-12-14-26(23)37)32(41-35(44)46)43-18-21(7)42(17-22(43)8)27(45)10-2/h10-14,16,19-22H,2,9,15,17-18H2,1,3-8H3. The number of piperazine rings is 1. The molecule has 14 heteroatoms. The minimum absolute atomic E-state index is 0.112. The van der Waals surface area contributed by atoms with Crippen LogP contribution in [0.25, 0.3) is 28.0 Å². The van der Waals surface area contributed by atoms with E-state index in [1.54, 1.807) is 36.1 Å². The summed E-state index contributed by atoms with van der Waals surface area (Å²) in [5.41, 5.74) is 0.586. The molecule has 3 aromatic heterocycles. The summed E-state index contributed by atoms with van der Waals surface area (Å²) in [5.74, 6) is -1.27. The fourth-order valence-corrected chi connectivity index (χ4v) is 7.66. The largest absolute Gasteiger partial charge is 0.355 e. The van der Waals surface area contributed by atoms with Crippen molar-refractivity contribution in [2.45, 2.75) is 84.0 Å². The molecule has 0 saturated carbocycles. The summed E-state index contributed by atoms with van der Waals surface area (Å²) in [6, 6.07) is 7.18. The molecular weight excluding hydrogens is 669 g/mol. The van der Waals surface area contributed by atoms with Gasteiger partial charge in [-0.05, 0) is 56.4 Å². The Morgan fingerprint density at radius 2 is 1.67 bits per heavy atom. The summed E-state index contributed by atoms with van der Waals surface area (Å²) in [5, 5.41) is 0.238. The monoisotopic (exact) mass is 709 g/mol. The van der Waals surface area contributed by atoms with Gasteiger partial charge >= 0.3 is 5.69 Å². The third-order valence-corrected chi connectivity index (χ3v) is 10.6. The number of anilines is 1. The van der Waals surface area contributed by atoms with Gasteiger partial charge in [-0.25, -0.2) is 37.1 Å². The van der Waals surface area contributed by atoms with E-state index in [9.17, 15) is 18.0 Å². The van der Waals surface area contributed by atoms with Crippen LogP contribution in [0, 0.1) is 5.82 Å². The highest BCUT2D eigenvalue weighted by atomic mass is 35.5. The first-order valence-electron chi connectivity index (χ1n) is 16.3. The molecule has 2 atom stereocenters. The summed E-state index contributed by atoms with van der Waals surface area (Å²) in [6.07, 6.45) is 1.66. The normalized spacial score (nSPS) is 17.0. The van der Waals surface area contributed by atoms with Crippen molar-refractivity contribution < 1.29 is 17.6 Å². The second kappa shape index (κ2) is 13.9. The highest BCUT2D eigenvalue weighted by Crippen LogP contribution is 2.37. The van der Waals surface area contributed by atoms with E-state index in [1.807, 2.05) is 46.4 Å². The average Bonchev–Trinajstić information content (AvgIpc) is 3.04. The highest BCUT2D eigenvalue weighted by Gasteiger charge is 2.35. The maximum absolute atomic E-state index is 15.2. The molecular formula is C35H41ClFN7O4S. The van der Waals surface area contributed by atoms with Gasteiger partial charge in [0.1, 0.15) is 11.6 Å². The molecule has 260 valence electrons. The Bertz CT molecular complexity index is 2090. The maximum Gasteiger partial charge on any atom is 0.355 e. The Hall–Kier alpha value is -4.23. The SMILES string of the molecule is C=CC(=O)N1CC(C)N(c2nc(=O)n(-c3c(C(C)C)nc(S(=O)(=O)CCC)nc3C(C)C)c3nc(-c4ccccc4F)c(Cl)cc23)CC1C. The molecule has 1 fully saturated rings. The minimum Gasteiger partial charge on any atom is -0.349 e. The molecule has 11 nitrogen and oxygen atoms in total. The van der Waals surface area contributed by atoms with Crippen molar-refractivity contribution in [1.82, 2.24) is 29.4 Å². The van der Waals surface area contributed by atoms with Gasteiger partial charge in [0.2, 0.25) is 20.9 Å². The topological polar surface area (TPSA) is 131 Å². The van der Waals surface area contributed by atoms with Crippen LogP contribution in [-0.2, 0) is 14.6 Å². The number of hydrogen-bond donors (Lipinski definition) is 0. The number of rotatable bonds is 9. The number of nitrogens with zero attached hydrogens (tertiary/aromatic N) is 7. The number of carbonyl (C=O) groups is 1. The van der Waals surface area contributed by atoms with Crippen LogP contribution >= 0.6 is 11.6 Å². The zero-order valence-corrected chi connectivity index (χ0v) is 30.3. The van der Waals surface area contributed by atoms with Crippen molar-refractivity contribution in [2.75, 3.05) is 23.7 Å². The second-order valence-electron chi connectivity index (χ2n) is 13.0. The van der Waals surface area contributed by atoms with E-state index in [1.165, 1.54) is 16.7 Å². The summed E-state index contributed by atoms with van der Waals surface area (Å²) >= 11 is 6.85. The number of benzene rings is 1. The molecule has 4 heterocycles. The molecule has 1 saturated heterocycles. The van der Waals surface area contributed by atoms with Crippen LogP contribution < -0.4 is 10.6 Å². The summed E-state index contributed by atoms with van der Waals surface area (Å²) in [6.45, 7) is 17.3.